The summed E-state index contributed by atoms with van der Waals surface area (Å²) in [6.07, 6.45) is 1.92. The molecule has 0 aliphatic heterocycles. The zero-order chi connectivity index (χ0) is 14.0. The van der Waals surface area contributed by atoms with E-state index < -0.39 is 8.80 Å². The molecule has 2 atom stereocenters. The van der Waals surface area contributed by atoms with Gasteiger partial charge in [-0.2, -0.15) is 0 Å². The number of nitrogens with two attached hydrogens (primary N) is 2. The van der Waals surface area contributed by atoms with Crippen LogP contribution in [0.1, 0.15) is 33.6 Å². The Balaban J connectivity index is 4.26. The second kappa shape index (κ2) is 9.88. The highest BCUT2D eigenvalue weighted by atomic mass is 28.4. The molecule has 0 saturated carbocycles. The molecule has 0 aliphatic rings. The van der Waals surface area contributed by atoms with Crippen LogP contribution >= 0.6 is 0 Å². The molecule has 0 saturated heterocycles. The monoisotopic (exact) mass is 278 g/mol. The minimum absolute atomic E-state index is 0.0832. The first-order valence-corrected chi connectivity index (χ1v) is 9.09. The van der Waals surface area contributed by atoms with E-state index >= 15 is 0 Å². The average Bonchev–Trinajstić information content (AvgIpc) is 2.28. The van der Waals surface area contributed by atoms with E-state index in [0.717, 1.165) is 12.8 Å². The molecule has 0 spiro atoms. The van der Waals surface area contributed by atoms with Gasteiger partial charge < -0.3 is 24.7 Å². The van der Waals surface area contributed by atoms with Crippen molar-refractivity contribution in [2.45, 2.75) is 46.3 Å². The third kappa shape index (κ3) is 7.45. The van der Waals surface area contributed by atoms with Crippen LogP contribution in [0.4, 0.5) is 0 Å². The molecular formula is C12H30N2O3Si. The summed E-state index contributed by atoms with van der Waals surface area (Å²) in [5.41, 5.74) is 11.3. The highest BCUT2D eigenvalue weighted by Crippen LogP contribution is 2.18. The largest absolute Gasteiger partial charge is 0.497 e. The predicted molar refractivity (Wildman–Crippen MR) is 76.2 cm³/mol. The molecule has 0 amide bonds. The molecular weight excluding hydrogens is 248 g/mol. The SMILES string of the molecule is CCO[Si](C)(OCC)OC(C)CC(CN)CCN. The Labute approximate surface area is 113 Å². The summed E-state index contributed by atoms with van der Waals surface area (Å²) >= 11 is 0. The molecule has 0 rings (SSSR count). The molecule has 0 fully saturated rings. The average molecular weight is 278 g/mol. The Morgan fingerprint density at radius 3 is 2.06 bits per heavy atom. The lowest BCUT2D eigenvalue weighted by Gasteiger charge is -2.30. The Kier molecular flexibility index (Phi) is 9.89. The van der Waals surface area contributed by atoms with Crippen molar-refractivity contribution in [3.63, 3.8) is 0 Å². The molecule has 0 aliphatic carbocycles. The van der Waals surface area contributed by atoms with E-state index in [4.69, 9.17) is 24.7 Å². The Morgan fingerprint density at radius 2 is 1.67 bits per heavy atom. The third-order valence-corrected chi connectivity index (χ3v) is 5.26. The summed E-state index contributed by atoms with van der Waals surface area (Å²) < 4.78 is 17.3. The molecule has 6 heteroatoms. The highest BCUT2D eigenvalue weighted by Gasteiger charge is 2.36. The molecule has 5 nitrogen and oxygen atoms in total. The first kappa shape index (κ1) is 18.0. The summed E-state index contributed by atoms with van der Waals surface area (Å²) in [6.45, 7) is 10.4. The van der Waals surface area contributed by atoms with Crippen LogP contribution in [0.5, 0.6) is 0 Å². The summed E-state index contributed by atoms with van der Waals surface area (Å²) in [4.78, 5) is 0. The van der Waals surface area contributed by atoms with Gasteiger partial charge in [-0.1, -0.05) is 0 Å². The number of hydrogen-bond donors (Lipinski definition) is 2. The molecule has 18 heavy (non-hydrogen) atoms. The van der Waals surface area contributed by atoms with Crippen LogP contribution in [0, 0.1) is 5.92 Å². The second-order valence-corrected chi connectivity index (χ2v) is 7.11. The second-order valence-electron chi connectivity index (χ2n) is 4.57. The summed E-state index contributed by atoms with van der Waals surface area (Å²) in [6, 6.07) is 0. The number of hydrogen-bond acceptors (Lipinski definition) is 5. The lowest BCUT2D eigenvalue weighted by molar-refractivity contribution is 0.0358. The van der Waals surface area contributed by atoms with E-state index in [-0.39, 0.29) is 6.10 Å². The van der Waals surface area contributed by atoms with Gasteiger partial charge in [-0.25, -0.2) is 0 Å². The summed E-state index contributed by atoms with van der Waals surface area (Å²) in [5, 5.41) is 0. The predicted octanol–water partition coefficient (Wildman–Crippen LogP) is 1.35. The third-order valence-electron chi connectivity index (χ3n) is 2.80. The Bertz CT molecular complexity index is 202. The van der Waals surface area contributed by atoms with Crippen molar-refractivity contribution < 1.29 is 13.3 Å². The van der Waals surface area contributed by atoms with Crippen molar-refractivity contribution in [1.29, 1.82) is 0 Å². The highest BCUT2D eigenvalue weighted by molar-refractivity contribution is 6.59. The Morgan fingerprint density at radius 1 is 1.11 bits per heavy atom. The van der Waals surface area contributed by atoms with Gasteiger partial charge in [0, 0.05) is 25.9 Å². The van der Waals surface area contributed by atoms with Crippen LogP contribution < -0.4 is 11.5 Å². The molecule has 4 N–H and O–H groups in total. The van der Waals surface area contributed by atoms with Crippen LogP contribution in [0.3, 0.4) is 0 Å². The quantitative estimate of drug-likeness (QED) is 0.558. The van der Waals surface area contributed by atoms with Crippen LogP contribution in [0.25, 0.3) is 0 Å². The van der Waals surface area contributed by atoms with Gasteiger partial charge in [-0.3, -0.25) is 0 Å². The molecule has 0 bridgehead atoms. The smallest absolute Gasteiger partial charge is 0.374 e. The van der Waals surface area contributed by atoms with Crippen molar-refractivity contribution >= 4 is 8.80 Å². The van der Waals surface area contributed by atoms with E-state index in [2.05, 4.69) is 0 Å². The van der Waals surface area contributed by atoms with Gasteiger partial charge >= 0.3 is 8.80 Å². The normalized spacial score (nSPS) is 15.7. The maximum absolute atomic E-state index is 6.00. The zero-order valence-corrected chi connectivity index (χ0v) is 13.3. The van der Waals surface area contributed by atoms with Gasteiger partial charge in [0.2, 0.25) is 0 Å². The van der Waals surface area contributed by atoms with Gasteiger partial charge in [-0.05, 0) is 52.6 Å². The fraction of sp³-hybridized carbons (Fsp3) is 1.00. The first-order valence-electron chi connectivity index (χ1n) is 6.87. The summed E-state index contributed by atoms with van der Waals surface area (Å²) in [7, 11) is -2.49. The van der Waals surface area contributed by atoms with Crippen LogP contribution in [-0.4, -0.2) is 41.2 Å². The van der Waals surface area contributed by atoms with E-state index in [1.165, 1.54) is 0 Å². The number of rotatable bonds is 11. The fourth-order valence-corrected chi connectivity index (χ4v) is 4.18. The van der Waals surface area contributed by atoms with E-state index in [1.54, 1.807) is 0 Å². The maximum Gasteiger partial charge on any atom is 0.497 e. The van der Waals surface area contributed by atoms with Crippen molar-refractivity contribution in [3.05, 3.63) is 0 Å². The molecule has 0 radical (unpaired) electrons. The van der Waals surface area contributed by atoms with Crippen LogP contribution in [0.2, 0.25) is 6.55 Å². The molecule has 110 valence electrons. The first-order chi connectivity index (χ1) is 8.51. The molecule has 0 aromatic carbocycles. The van der Waals surface area contributed by atoms with Crippen molar-refractivity contribution in [1.82, 2.24) is 0 Å². The van der Waals surface area contributed by atoms with E-state index in [1.807, 2.05) is 27.3 Å². The topological polar surface area (TPSA) is 79.7 Å². The van der Waals surface area contributed by atoms with E-state index in [9.17, 15) is 0 Å². The van der Waals surface area contributed by atoms with Crippen LogP contribution in [-0.2, 0) is 13.3 Å². The fourth-order valence-electron chi connectivity index (χ4n) is 2.08. The van der Waals surface area contributed by atoms with E-state index in [0.29, 0.717) is 32.2 Å². The maximum atomic E-state index is 6.00. The van der Waals surface area contributed by atoms with Gasteiger partial charge in [-0.15, -0.1) is 0 Å². The molecule has 0 heterocycles. The lowest BCUT2D eigenvalue weighted by Crippen LogP contribution is -2.45. The Hall–Kier alpha value is 0.0169. The standard InChI is InChI=1S/C12H30N2O3Si/c1-5-15-18(4,16-6-2)17-11(3)9-12(10-14)7-8-13/h11-12H,5-10,13-14H2,1-4H3. The molecule has 0 aromatic rings. The minimum atomic E-state index is -2.49. The molecule has 2 unspecified atom stereocenters. The van der Waals surface area contributed by atoms with Gasteiger partial charge in [0.15, 0.2) is 0 Å². The van der Waals surface area contributed by atoms with Crippen molar-refractivity contribution in [2.24, 2.45) is 17.4 Å². The lowest BCUT2D eigenvalue weighted by atomic mass is 9.99. The van der Waals surface area contributed by atoms with Gasteiger partial charge in [0.1, 0.15) is 0 Å². The van der Waals surface area contributed by atoms with Gasteiger partial charge in [0.05, 0.1) is 0 Å². The van der Waals surface area contributed by atoms with Crippen LogP contribution in [0.15, 0.2) is 0 Å². The van der Waals surface area contributed by atoms with Crippen molar-refractivity contribution in [3.8, 4) is 0 Å². The van der Waals surface area contributed by atoms with Gasteiger partial charge in [0.25, 0.3) is 0 Å². The molecule has 0 aromatic heterocycles. The summed E-state index contributed by atoms with van der Waals surface area (Å²) in [5.74, 6) is 0.409. The minimum Gasteiger partial charge on any atom is -0.374 e. The van der Waals surface area contributed by atoms with Crippen molar-refractivity contribution in [2.75, 3.05) is 26.3 Å². The zero-order valence-electron chi connectivity index (χ0n) is 12.3.